The van der Waals surface area contributed by atoms with Gasteiger partial charge in [0.25, 0.3) is 0 Å². The molecule has 1 aromatic rings. The van der Waals surface area contributed by atoms with Crippen molar-refractivity contribution in [2.45, 2.75) is 6.04 Å². The van der Waals surface area contributed by atoms with Gasteiger partial charge in [-0.2, -0.15) is 0 Å². The van der Waals surface area contributed by atoms with Gasteiger partial charge in [0.15, 0.2) is 0 Å². The van der Waals surface area contributed by atoms with Crippen molar-refractivity contribution in [3.63, 3.8) is 0 Å². The number of carboxylic acid groups (broad SMARTS) is 1. The van der Waals surface area contributed by atoms with Gasteiger partial charge in [0.05, 0.1) is 6.04 Å². The summed E-state index contributed by atoms with van der Waals surface area (Å²) in [6, 6.07) is 3.54. The van der Waals surface area contributed by atoms with Gasteiger partial charge in [-0.05, 0) is 29.8 Å². The quantitative estimate of drug-likeness (QED) is 0.781. The number of amides is 2. The lowest BCUT2D eigenvalue weighted by Gasteiger charge is -2.23. The molecule has 0 saturated carbocycles. The van der Waals surface area contributed by atoms with Crippen LogP contribution in [0.3, 0.4) is 0 Å². The Morgan fingerprint density at radius 3 is 2.72 bits per heavy atom. The minimum absolute atomic E-state index is 0.195. The van der Waals surface area contributed by atoms with E-state index in [0.29, 0.717) is 15.6 Å². The number of halogens is 2. The second-order valence-electron chi connectivity index (χ2n) is 3.63. The molecule has 7 heteroatoms. The molecule has 0 radical (unpaired) electrons. The van der Waals surface area contributed by atoms with Crippen LogP contribution in [0.4, 0.5) is 4.79 Å². The Balaban J connectivity index is 2.43. The fraction of sp³-hybridized carbons (Fsp3) is 0.0909. The minimum atomic E-state index is -1.21. The van der Waals surface area contributed by atoms with Crippen molar-refractivity contribution in [3.8, 4) is 0 Å². The van der Waals surface area contributed by atoms with Gasteiger partial charge < -0.3 is 15.7 Å². The van der Waals surface area contributed by atoms with Crippen LogP contribution in [0, 0.1) is 0 Å². The van der Waals surface area contributed by atoms with Crippen LogP contribution in [-0.2, 0) is 4.79 Å². The van der Waals surface area contributed by atoms with E-state index in [0.717, 1.165) is 0 Å². The van der Waals surface area contributed by atoms with E-state index in [9.17, 15) is 9.59 Å². The molecule has 18 heavy (non-hydrogen) atoms. The van der Waals surface area contributed by atoms with Crippen molar-refractivity contribution < 1.29 is 14.7 Å². The molecule has 1 aliphatic rings. The smallest absolute Gasteiger partial charge is 0.352 e. The molecule has 0 fully saturated rings. The number of rotatable bonds is 2. The highest BCUT2D eigenvalue weighted by atomic mass is 35.5. The summed E-state index contributed by atoms with van der Waals surface area (Å²) >= 11 is 11.8. The summed E-state index contributed by atoms with van der Waals surface area (Å²) in [4.78, 5) is 22.2. The van der Waals surface area contributed by atoms with E-state index in [2.05, 4.69) is 10.6 Å². The Labute approximate surface area is 112 Å². The summed E-state index contributed by atoms with van der Waals surface area (Å²) in [5, 5.41) is 14.5. The Kier molecular flexibility index (Phi) is 3.45. The summed E-state index contributed by atoms with van der Waals surface area (Å²) in [5.74, 6) is -1.21. The van der Waals surface area contributed by atoms with Gasteiger partial charge in [-0.25, -0.2) is 9.59 Å². The highest BCUT2D eigenvalue weighted by Crippen LogP contribution is 2.28. The molecular formula is C11H8Cl2N2O3. The Hall–Kier alpha value is -1.72. The molecule has 0 bridgehead atoms. The lowest BCUT2D eigenvalue weighted by molar-refractivity contribution is -0.133. The van der Waals surface area contributed by atoms with Gasteiger partial charge in [-0.1, -0.05) is 23.2 Å². The maximum Gasteiger partial charge on any atom is 0.352 e. The number of carbonyl (C=O) groups is 2. The van der Waals surface area contributed by atoms with E-state index >= 15 is 0 Å². The summed E-state index contributed by atoms with van der Waals surface area (Å²) in [6.07, 6.45) is 1.36. The van der Waals surface area contributed by atoms with E-state index in [1.54, 1.807) is 18.2 Å². The fourth-order valence-corrected chi connectivity index (χ4v) is 2.01. The second kappa shape index (κ2) is 4.88. The number of aliphatic carboxylic acids is 1. The molecular weight excluding hydrogens is 279 g/mol. The number of carboxylic acids is 1. The van der Waals surface area contributed by atoms with Crippen LogP contribution in [0.2, 0.25) is 10.0 Å². The first-order valence-electron chi connectivity index (χ1n) is 4.95. The van der Waals surface area contributed by atoms with Crippen LogP contribution in [0.5, 0.6) is 0 Å². The Morgan fingerprint density at radius 2 is 2.06 bits per heavy atom. The normalized spacial score (nSPS) is 18.7. The number of hydrogen-bond acceptors (Lipinski definition) is 2. The van der Waals surface area contributed by atoms with Crippen molar-refractivity contribution >= 4 is 35.2 Å². The molecule has 2 amide bonds. The molecule has 1 atom stereocenters. The van der Waals surface area contributed by atoms with E-state index in [1.807, 2.05) is 0 Å². The fourth-order valence-electron chi connectivity index (χ4n) is 1.59. The molecule has 3 N–H and O–H groups in total. The standard InChI is InChI=1S/C11H8Cl2N2O3/c12-5-1-2-7(13)6(3-5)8-4-9(10(16)17)15-11(18)14-8/h1-4,8H,(H,16,17)(H2,14,15,18)/t8-/m1/s1. The molecule has 0 spiro atoms. The molecule has 0 unspecified atom stereocenters. The zero-order valence-corrected chi connectivity index (χ0v) is 10.4. The van der Waals surface area contributed by atoms with Crippen molar-refractivity contribution in [1.82, 2.24) is 10.6 Å². The van der Waals surface area contributed by atoms with Crippen molar-refractivity contribution in [2.24, 2.45) is 0 Å². The molecule has 5 nitrogen and oxygen atoms in total. The number of nitrogens with one attached hydrogen (secondary N) is 2. The molecule has 1 aromatic carbocycles. The first-order valence-corrected chi connectivity index (χ1v) is 5.70. The van der Waals surface area contributed by atoms with Crippen LogP contribution < -0.4 is 10.6 Å². The Morgan fingerprint density at radius 1 is 1.33 bits per heavy atom. The average Bonchev–Trinajstić information content (AvgIpc) is 2.31. The predicted molar refractivity (Wildman–Crippen MR) is 66.6 cm³/mol. The van der Waals surface area contributed by atoms with Gasteiger partial charge in [-0.3, -0.25) is 0 Å². The molecule has 2 rings (SSSR count). The van der Waals surface area contributed by atoms with E-state index in [4.69, 9.17) is 28.3 Å². The molecule has 94 valence electrons. The third-order valence-electron chi connectivity index (χ3n) is 2.39. The third kappa shape index (κ3) is 2.57. The highest BCUT2D eigenvalue weighted by molar-refractivity contribution is 6.33. The van der Waals surface area contributed by atoms with Crippen LogP contribution in [0.15, 0.2) is 30.0 Å². The minimum Gasteiger partial charge on any atom is -0.477 e. The van der Waals surface area contributed by atoms with Gasteiger partial charge in [-0.15, -0.1) is 0 Å². The first kappa shape index (κ1) is 12.7. The molecule has 1 aliphatic heterocycles. The maximum atomic E-state index is 11.4. The molecule has 1 heterocycles. The highest BCUT2D eigenvalue weighted by Gasteiger charge is 2.24. The van der Waals surface area contributed by atoms with Crippen LogP contribution >= 0.6 is 23.2 Å². The number of benzene rings is 1. The average molecular weight is 287 g/mol. The number of carbonyl (C=O) groups excluding carboxylic acids is 1. The van der Waals surface area contributed by atoms with Crippen LogP contribution in [0.1, 0.15) is 11.6 Å². The van der Waals surface area contributed by atoms with Crippen LogP contribution in [0.25, 0.3) is 0 Å². The van der Waals surface area contributed by atoms with Crippen molar-refractivity contribution in [2.75, 3.05) is 0 Å². The van der Waals surface area contributed by atoms with Gasteiger partial charge in [0, 0.05) is 10.0 Å². The van der Waals surface area contributed by atoms with Gasteiger partial charge in [0.1, 0.15) is 5.70 Å². The summed E-state index contributed by atoms with van der Waals surface area (Å²) in [7, 11) is 0. The molecule has 0 saturated heterocycles. The van der Waals surface area contributed by atoms with Crippen LogP contribution in [-0.4, -0.2) is 17.1 Å². The maximum absolute atomic E-state index is 11.4. The van der Waals surface area contributed by atoms with E-state index in [1.165, 1.54) is 6.08 Å². The second-order valence-corrected chi connectivity index (χ2v) is 4.47. The van der Waals surface area contributed by atoms with Crippen molar-refractivity contribution in [3.05, 3.63) is 45.6 Å². The SMILES string of the molecule is O=C1NC(C(=O)O)=C[C@H](c2cc(Cl)ccc2Cl)N1. The zero-order chi connectivity index (χ0) is 13.3. The van der Waals surface area contributed by atoms with Gasteiger partial charge in [0.2, 0.25) is 0 Å². The van der Waals surface area contributed by atoms with Crippen molar-refractivity contribution in [1.29, 1.82) is 0 Å². The van der Waals surface area contributed by atoms with E-state index < -0.39 is 18.0 Å². The third-order valence-corrected chi connectivity index (χ3v) is 2.97. The number of urea groups is 1. The lowest BCUT2D eigenvalue weighted by atomic mass is 10.0. The lowest BCUT2D eigenvalue weighted by Crippen LogP contribution is -2.43. The Bertz CT molecular complexity index is 557. The molecule has 0 aliphatic carbocycles. The first-order chi connectivity index (χ1) is 8.47. The monoisotopic (exact) mass is 286 g/mol. The van der Waals surface area contributed by atoms with E-state index in [-0.39, 0.29) is 5.70 Å². The predicted octanol–water partition coefficient (Wildman–Crippen LogP) is 2.32. The largest absolute Gasteiger partial charge is 0.477 e. The topological polar surface area (TPSA) is 78.4 Å². The molecule has 0 aromatic heterocycles. The summed E-state index contributed by atoms with van der Waals surface area (Å²) < 4.78 is 0. The van der Waals surface area contributed by atoms with Gasteiger partial charge >= 0.3 is 12.0 Å². The number of hydrogen-bond donors (Lipinski definition) is 3. The zero-order valence-electron chi connectivity index (χ0n) is 8.91. The summed E-state index contributed by atoms with van der Waals surface area (Å²) in [6.45, 7) is 0. The summed E-state index contributed by atoms with van der Waals surface area (Å²) in [5.41, 5.74) is 0.345.